The Morgan fingerprint density at radius 2 is 1.95 bits per heavy atom. The van der Waals surface area contributed by atoms with E-state index in [0.29, 0.717) is 11.6 Å². The second-order valence-electron chi connectivity index (χ2n) is 6.50. The van der Waals surface area contributed by atoms with Crippen LogP contribution < -0.4 is 5.32 Å². The number of hydrogen-bond donors (Lipinski definition) is 1. The molecule has 3 rings (SSSR count). The van der Waals surface area contributed by atoms with Crippen molar-refractivity contribution < 1.29 is 0 Å². The van der Waals surface area contributed by atoms with Crippen LogP contribution >= 0.6 is 0 Å². The number of fused-ring (bicyclic) bond motifs is 1. The Morgan fingerprint density at radius 3 is 2.68 bits per heavy atom. The van der Waals surface area contributed by atoms with Crippen LogP contribution in [0.3, 0.4) is 0 Å². The van der Waals surface area contributed by atoms with Crippen molar-refractivity contribution in [1.82, 2.24) is 10.2 Å². The highest BCUT2D eigenvalue weighted by atomic mass is 15.2. The van der Waals surface area contributed by atoms with E-state index >= 15 is 0 Å². The first-order chi connectivity index (χ1) is 9.21. The van der Waals surface area contributed by atoms with Gasteiger partial charge in [-0.15, -0.1) is 0 Å². The number of hydrogen-bond acceptors (Lipinski definition) is 2. The molecule has 0 spiro atoms. The Balaban J connectivity index is 1.67. The fraction of sp³-hybridized carbons (Fsp3) is 0.647. The van der Waals surface area contributed by atoms with E-state index in [1.54, 1.807) is 5.56 Å². The molecule has 1 atom stereocenters. The van der Waals surface area contributed by atoms with Crippen LogP contribution in [0.25, 0.3) is 0 Å². The number of likely N-dealkylation sites (N-methyl/N-ethyl adjacent to an activating group) is 1. The van der Waals surface area contributed by atoms with Crippen LogP contribution in [0, 0.1) is 0 Å². The molecule has 1 fully saturated rings. The highest BCUT2D eigenvalue weighted by Gasteiger charge is 2.36. The summed E-state index contributed by atoms with van der Waals surface area (Å²) in [7, 11) is 4.49. The molecule has 0 saturated heterocycles. The molecule has 0 aromatic heterocycles. The Hall–Kier alpha value is -0.860. The van der Waals surface area contributed by atoms with Crippen molar-refractivity contribution in [2.45, 2.75) is 50.1 Å². The van der Waals surface area contributed by atoms with Gasteiger partial charge in [-0.05, 0) is 50.9 Å². The Bertz CT molecular complexity index is 433. The lowest BCUT2D eigenvalue weighted by molar-refractivity contribution is 0.149. The Morgan fingerprint density at radius 1 is 1.21 bits per heavy atom. The van der Waals surface area contributed by atoms with Gasteiger partial charge in [-0.1, -0.05) is 37.1 Å². The maximum atomic E-state index is 3.86. The highest BCUT2D eigenvalue weighted by molar-refractivity contribution is 5.34. The summed E-state index contributed by atoms with van der Waals surface area (Å²) >= 11 is 0. The third-order valence-corrected chi connectivity index (χ3v) is 5.29. The van der Waals surface area contributed by atoms with Crippen LogP contribution in [-0.2, 0) is 6.42 Å². The summed E-state index contributed by atoms with van der Waals surface area (Å²) in [6.45, 7) is 1.14. The summed E-state index contributed by atoms with van der Waals surface area (Å²) in [5.74, 6) is 0. The lowest BCUT2D eigenvalue weighted by Gasteiger charge is -2.37. The fourth-order valence-electron chi connectivity index (χ4n) is 3.90. The molecule has 0 aliphatic heterocycles. The summed E-state index contributed by atoms with van der Waals surface area (Å²) in [4.78, 5) is 2.45. The minimum Gasteiger partial charge on any atom is -0.308 e. The maximum Gasteiger partial charge on any atom is 0.0328 e. The Kier molecular flexibility index (Phi) is 3.64. The van der Waals surface area contributed by atoms with Crippen LogP contribution in [0.5, 0.6) is 0 Å². The molecule has 104 valence electrons. The van der Waals surface area contributed by atoms with E-state index in [-0.39, 0.29) is 0 Å². The van der Waals surface area contributed by atoms with Crippen molar-refractivity contribution in [2.24, 2.45) is 0 Å². The molecule has 2 heteroatoms. The first-order valence-electron chi connectivity index (χ1n) is 7.70. The van der Waals surface area contributed by atoms with E-state index in [2.05, 4.69) is 48.6 Å². The monoisotopic (exact) mass is 258 g/mol. The van der Waals surface area contributed by atoms with Crippen molar-refractivity contribution in [2.75, 3.05) is 20.6 Å². The highest BCUT2D eigenvalue weighted by Crippen LogP contribution is 2.35. The van der Waals surface area contributed by atoms with Crippen LogP contribution in [0.1, 0.15) is 49.3 Å². The van der Waals surface area contributed by atoms with Gasteiger partial charge < -0.3 is 10.2 Å². The number of rotatable bonds is 4. The van der Waals surface area contributed by atoms with Crippen LogP contribution in [-0.4, -0.2) is 31.1 Å². The minimum absolute atomic E-state index is 0.400. The quantitative estimate of drug-likeness (QED) is 0.892. The van der Waals surface area contributed by atoms with Crippen molar-refractivity contribution in [3.63, 3.8) is 0 Å². The molecule has 0 radical (unpaired) electrons. The van der Waals surface area contributed by atoms with E-state index in [9.17, 15) is 0 Å². The Labute approximate surface area is 117 Å². The first kappa shape index (κ1) is 13.1. The van der Waals surface area contributed by atoms with Gasteiger partial charge in [0.2, 0.25) is 0 Å². The largest absolute Gasteiger partial charge is 0.308 e. The van der Waals surface area contributed by atoms with Crippen molar-refractivity contribution >= 4 is 0 Å². The van der Waals surface area contributed by atoms with Crippen molar-refractivity contribution in [1.29, 1.82) is 0 Å². The molecule has 2 nitrogen and oxygen atoms in total. The van der Waals surface area contributed by atoms with Crippen LogP contribution in [0.2, 0.25) is 0 Å². The van der Waals surface area contributed by atoms with Gasteiger partial charge >= 0.3 is 0 Å². The summed E-state index contributed by atoms with van der Waals surface area (Å²) in [6, 6.07) is 9.51. The van der Waals surface area contributed by atoms with E-state index in [4.69, 9.17) is 0 Å². The predicted molar refractivity (Wildman–Crippen MR) is 80.4 cm³/mol. The smallest absolute Gasteiger partial charge is 0.0328 e. The molecule has 0 bridgehead atoms. The molecular weight excluding hydrogens is 232 g/mol. The van der Waals surface area contributed by atoms with Gasteiger partial charge in [0, 0.05) is 18.1 Å². The maximum absolute atomic E-state index is 3.86. The van der Waals surface area contributed by atoms with E-state index in [1.807, 2.05) is 0 Å². The average Bonchev–Trinajstić information content (AvgIpc) is 3.04. The lowest BCUT2D eigenvalue weighted by Crippen LogP contribution is -2.50. The molecule has 1 saturated carbocycles. The van der Waals surface area contributed by atoms with Gasteiger partial charge in [0.1, 0.15) is 0 Å². The van der Waals surface area contributed by atoms with Gasteiger partial charge in [-0.25, -0.2) is 0 Å². The van der Waals surface area contributed by atoms with Gasteiger partial charge in [0.15, 0.2) is 0 Å². The molecule has 1 N–H and O–H groups in total. The summed E-state index contributed by atoms with van der Waals surface area (Å²) < 4.78 is 0. The normalized spacial score (nSPS) is 24.9. The van der Waals surface area contributed by atoms with Crippen molar-refractivity contribution in [3.05, 3.63) is 35.4 Å². The molecule has 2 aliphatic rings. The lowest BCUT2D eigenvalue weighted by atomic mass is 9.95. The average molecular weight is 258 g/mol. The fourth-order valence-corrected chi connectivity index (χ4v) is 3.90. The molecule has 2 aliphatic carbocycles. The van der Waals surface area contributed by atoms with Gasteiger partial charge in [0.25, 0.3) is 0 Å². The predicted octanol–water partition coefficient (Wildman–Crippen LogP) is 3.14. The summed E-state index contributed by atoms with van der Waals surface area (Å²) in [6.07, 6.45) is 7.98. The van der Waals surface area contributed by atoms with Crippen LogP contribution in [0.4, 0.5) is 0 Å². The molecule has 1 aromatic rings. The van der Waals surface area contributed by atoms with Gasteiger partial charge in [-0.3, -0.25) is 0 Å². The summed E-state index contributed by atoms with van der Waals surface area (Å²) in [5.41, 5.74) is 3.48. The zero-order valence-electron chi connectivity index (χ0n) is 12.3. The first-order valence-corrected chi connectivity index (χ1v) is 7.70. The summed E-state index contributed by atoms with van der Waals surface area (Å²) in [5, 5.41) is 3.86. The number of aryl methyl sites for hydroxylation is 1. The zero-order chi connectivity index (χ0) is 13.3. The molecule has 0 amide bonds. The third kappa shape index (κ3) is 2.44. The van der Waals surface area contributed by atoms with Gasteiger partial charge in [0.05, 0.1) is 0 Å². The van der Waals surface area contributed by atoms with Crippen molar-refractivity contribution in [3.8, 4) is 0 Å². The number of nitrogens with one attached hydrogen (secondary N) is 1. The topological polar surface area (TPSA) is 15.3 Å². The molecular formula is C17H26N2. The second kappa shape index (κ2) is 5.26. The molecule has 1 unspecified atom stereocenters. The van der Waals surface area contributed by atoms with E-state index < -0.39 is 0 Å². The SMILES string of the molecule is CN(C)C1(CNC2CCc3ccccc32)CCCC1. The molecule has 0 heterocycles. The minimum atomic E-state index is 0.400. The van der Waals surface area contributed by atoms with Gasteiger partial charge in [-0.2, -0.15) is 0 Å². The van der Waals surface area contributed by atoms with Crippen LogP contribution in [0.15, 0.2) is 24.3 Å². The molecule has 19 heavy (non-hydrogen) atoms. The van der Waals surface area contributed by atoms with E-state index in [0.717, 1.165) is 6.54 Å². The second-order valence-corrected chi connectivity index (χ2v) is 6.50. The number of nitrogens with zero attached hydrogens (tertiary/aromatic N) is 1. The zero-order valence-corrected chi connectivity index (χ0v) is 12.3. The third-order valence-electron chi connectivity index (χ3n) is 5.29. The number of benzene rings is 1. The molecule has 1 aromatic carbocycles. The van der Waals surface area contributed by atoms with E-state index in [1.165, 1.54) is 44.1 Å². The standard InChI is InChI=1S/C17H26N2/c1-19(2)17(11-5-6-12-17)13-18-16-10-9-14-7-3-4-8-15(14)16/h3-4,7-8,16,18H,5-6,9-13H2,1-2H3.